The summed E-state index contributed by atoms with van der Waals surface area (Å²) in [6.07, 6.45) is 3.64. The van der Waals surface area contributed by atoms with Crippen LogP contribution in [0, 0.1) is 5.92 Å². The lowest BCUT2D eigenvalue weighted by Crippen LogP contribution is -2.45. The third-order valence-corrected chi connectivity index (χ3v) is 6.36. The molecule has 166 valence electrons. The van der Waals surface area contributed by atoms with Gasteiger partial charge in [0, 0.05) is 51.7 Å². The van der Waals surface area contributed by atoms with E-state index in [9.17, 15) is 4.79 Å². The Morgan fingerprint density at radius 1 is 1.13 bits per heavy atom. The minimum atomic E-state index is -0.166. The van der Waals surface area contributed by atoms with Crippen LogP contribution in [0.4, 0.5) is 5.95 Å². The predicted molar refractivity (Wildman–Crippen MR) is 121 cm³/mol. The van der Waals surface area contributed by atoms with Gasteiger partial charge in [-0.05, 0) is 38.8 Å². The molecular formula is C22H37N7O. The van der Waals surface area contributed by atoms with Gasteiger partial charge >= 0.3 is 0 Å². The van der Waals surface area contributed by atoms with Crippen LogP contribution in [0.2, 0.25) is 0 Å². The van der Waals surface area contributed by atoms with Gasteiger partial charge in [0.15, 0.2) is 5.52 Å². The first-order chi connectivity index (χ1) is 14.2. The lowest BCUT2D eigenvalue weighted by molar-refractivity contribution is 0.153. The number of anilines is 1. The van der Waals surface area contributed by atoms with Crippen molar-refractivity contribution in [1.82, 2.24) is 29.5 Å². The number of hydrogen-bond donors (Lipinski definition) is 1. The van der Waals surface area contributed by atoms with Crippen molar-refractivity contribution < 1.29 is 0 Å². The van der Waals surface area contributed by atoms with Gasteiger partial charge in [-0.2, -0.15) is 5.10 Å². The van der Waals surface area contributed by atoms with E-state index in [2.05, 4.69) is 52.6 Å². The van der Waals surface area contributed by atoms with Gasteiger partial charge in [0.25, 0.3) is 5.56 Å². The number of nitrogens with zero attached hydrogens (tertiary/aromatic N) is 6. The van der Waals surface area contributed by atoms with E-state index < -0.39 is 0 Å². The smallest absolute Gasteiger partial charge is 0.278 e. The summed E-state index contributed by atoms with van der Waals surface area (Å²) in [6.45, 7) is 13.9. The Labute approximate surface area is 179 Å². The topological polar surface area (TPSA) is 73.3 Å². The maximum Gasteiger partial charge on any atom is 0.278 e. The Balaban J connectivity index is 1.55. The first kappa shape index (κ1) is 21.3. The number of hydrogen-bond acceptors (Lipinski definition) is 6. The highest BCUT2D eigenvalue weighted by molar-refractivity contribution is 5.78. The summed E-state index contributed by atoms with van der Waals surface area (Å²) in [5.41, 5.74) is 1.92. The summed E-state index contributed by atoms with van der Waals surface area (Å²) in [6, 6.07) is 0. The van der Waals surface area contributed by atoms with Gasteiger partial charge in [-0.15, -0.1) is 0 Å². The molecule has 4 rings (SSSR count). The molecule has 3 heterocycles. The van der Waals surface area contributed by atoms with Crippen LogP contribution in [-0.4, -0.2) is 82.4 Å². The van der Waals surface area contributed by atoms with Crippen LogP contribution in [0.15, 0.2) is 4.79 Å². The summed E-state index contributed by atoms with van der Waals surface area (Å²) in [5.74, 6) is 1.43. The van der Waals surface area contributed by atoms with E-state index >= 15 is 0 Å². The molecule has 0 bridgehead atoms. The fraction of sp³-hybridized carbons (Fsp3) is 0.773. The Kier molecular flexibility index (Phi) is 5.90. The van der Waals surface area contributed by atoms with Gasteiger partial charge in [0.1, 0.15) is 5.52 Å². The molecule has 0 radical (unpaired) electrons. The molecule has 2 fully saturated rings. The largest absolute Gasteiger partial charge is 0.342 e. The van der Waals surface area contributed by atoms with Crippen molar-refractivity contribution >= 4 is 17.0 Å². The fourth-order valence-corrected chi connectivity index (χ4v) is 4.28. The molecule has 0 amide bonds. The van der Waals surface area contributed by atoms with Gasteiger partial charge in [-0.25, -0.2) is 4.98 Å². The molecule has 0 unspecified atom stereocenters. The zero-order valence-electron chi connectivity index (χ0n) is 19.2. The molecule has 30 heavy (non-hydrogen) atoms. The van der Waals surface area contributed by atoms with Crippen LogP contribution in [0.1, 0.15) is 45.7 Å². The Bertz CT molecular complexity index is 929. The van der Waals surface area contributed by atoms with Crippen LogP contribution < -0.4 is 10.5 Å². The molecule has 0 spiro atoms. The van der Waals surface area contributed by atoms with Crippen molar-refractivity contribution in [2.45, 2.75) is 45.4 Å². The van der Waals surface area contributed by atoms with Gasteiger partial charge in [0.05, 0.1) is 5.69 Å². The Morgan fingerprint density at radius 3 is 2.47 bits per heavy atom. The number of piperazine rings is 1. The molecule has 8 heteroatoms. The lowest BCUT2D eigenvalue weighted by atomic mass is 9.91. The van der Waals surface area contributed by atoms with E-state index in [1.54, 1.807) is 4.68 Å². The number of rotatable bonds is 7. The number of fused-ring (bicyclic) bond motifs is 1. The van der Waals surface area contributed by atoms with E-state index in [-0.39, 0.29) is 11.0 Å². The van der Waals surface area contributed by atoms with Crippen molar-refractivity contribution in [3.8, 4) is 0 Å². The number of aryl methyl sites for hydroxylation is 1. The molecule has 1 saturated carbocycles. The minimum absolute atomic E-state index is 0.0969. The Morgan fingerprint density at radius 2 is 1.83 bits per heavy atom. The van der Waals surface area contributed by atoms with Crippen LogP contribution in [-0.2, 0) is 12.5 Å². The Hall–Kier alpha value is -1.93. The maximum absolute atomic E-state index is 12.9. The molecular weight excluding hydrogens is 378 g/mol. The molecule has 2 aliphatic rings. The first-order valence-electron chi connectivity index (χ1n) is 11.4. The maximum atomic E-state index is 12.9. The summed E-state index contributed by atoms with van der Waals surface area (Å²) in [4.78, 5) is 28.2. The predicted octanol–water partition coefficient (Wildman–Crippen LogP) is 1.81. The zero-order valence-corrected chi connectivity index (χ0v) is 19.2. The van der Waals surface area contributed by atoms with Gasteiger partial charge < -0.3 is 14.7 Å². The minimum Gasteiger partial charge on any atom is -0.342 e. The number of likely N-dealkylation sites (N-methyl/N-ethyl adjacent to an activating group) is 1. The molecule has 2 aromatic heterocycles. The molecule has 0 aromatic carbocycles. The summed E-state index contributed by atoms with van der Waals surface area (Å²) < 4.78 is 1.67. The van der Waals surface area contributed by atoms with Gasteiger partial charge in [-0.1, -0.05) is 20.8 Å². The fourth-order valence-electron chi connectivity index (χ4n) is 4.28. The molecule has 1 saturated heterocycles. The highest BCUT2D eigenvalue weighted by atomic mass is 16.1. The highest BCUT2D eigenvalue weighted by Gasteiger charge is 2.28. The van der Waals surface area contributed by atoms with Crippen LogP contribution in [0.3, 0.4) is 0 Å². The quantitative estimate of drug-likeness (QED) is 0.744. The second kappa shape index (κ2) is 8.30. The summed E-state index contributed by atoms with van der Waals surface area (Å²) in [7, 11) is 4.02. The van der Waals surface area contributed by atoms with Crippen molar-refractivity contribution in [2.75, 3.05) is 57.8 Å². The third-order valence-electron chi connectivity index (χ3n) is 6.36. The highest BCUT2D eigenvalue weighted by Crippen LogP contribution is 2.31. The van der Waals surface area contributed by atoms with Crippen LogP contribution in [0.5, 0.6) is 0 Å². The molecule has 0 atom stereocenters. The van der Waals surface area contributed by atoms with Crippen LogP contribution >= 0.6 is 0 Å². The lowest BCUT2D eigenvalue weighted by Gasteiger charge is -2.33. The second-order valence-electron chi connectivity index (χ2n) is 10.2. The van der Waals surface area contributed by atoms with Crippen molar-refractivity contribution in [3.05, 3.63) is 16.0 Å². The van der Waals surface area contributed by atoms with Gasteiger partial charge in [0.2, 0.25) is 5.95 Å². The molecule has 1 aliphatic carbocycles. The normalized spacial score (nSPS) is 19.0. The van der Waals surface area contributed by atoms with Crippen molar-refractivity contribution in [1.29, 1.82) is 0 Å². The molecule has 1 aliphatic heterocycles. The molecule has 8 nitrogen and oxygen atoms in total. The third kappa shape index (κ3) is 4.70. The van der Waals surface area contributed by atoms with E-state index in [0.29, 0.717) is 11.5 Å². The van der Waals surface area contributed by atoms with Crippen molar-refractivity contribution in [3.63, 3.8) is 0 Å². The average molecular weight is 416 g/mol. The van der Waals surface area contributed by atoms with E-state index in [1.165, 1.54) is 12.8 Å². The van der Waals surface area contributed by atoms with E-state index in [1.807, 2.05) is 7.05 Å². The standard InChI is InChI=1S/C22H37N7O/c1-22(2,3)19-17-18(27(5)25-19)20(30)24-21(23-17)29(15-16-7-8-16)10-6-9-28-13-11-26(4)12-14-28/h16H,6-15H2,1-5H3,(H,23,24,30). The summed E-state index contributed by atoms with van der Waals surface area (Å²) >= 11 is 0. The van der Waals surface area contributed by atoms with E-state index in [4.69, 9.17) is 4.98 Å². The number of H-pyrrole nitrogens is 1. The summed E-state index contributed by atoms with van der Waals surface area (Å²) in [5, 5.41) is 4.63. The monoisotopic (exact) mass is 415 g/mol. The van der Waals surface area contributed by atoms with Crippen molar-refractivity contribution in [2.24, 2.45) is 13.0 Å². The average Bonchev–Trinajstić information content (AvgIpc) is 3.42. The van der Waals surface area contributed by atoms with Gasteiger partial charge in [-0.3, -0.25) is 14.5 Å². The van der Waals surface area contributed by atoms with E-state index in [0.717, 1.165) is 69.4 Å². The first-order valence-corrected chi connectivity index (χ1v) is 11.4. The zero-order chi connectivity index (χ0) is 21.5. The number of nitrogens with one attached hydrogen (secondary N) is 1. The number of aromatic amines is 1. The molecule has 2 aromatic rings. The number of aromatic nitrogens is 4. The second-order valence-corrected chi connectivity index (χ2v) is 10.2. The SMILES string of the molecule is CN1CCN(CCCN(CC2CC2)c2nc3c(C(C)(C)C)nn(C)c3c(=O)[nH]2)CC1. The van der Waals surface area contributed by atoms with Crippen LogP contribution in [0.25, 0.3) is 11.0 Å². The molecule has 1 N–H and O–H groups in total.